The van der Waals surface area contributed by atoms with E-state index in [0.717, 1.165) is 30.4 Å². The van der Waals surface area contributed by atoms with Gasteiger partial charge in [-0.25, -0.2) is 0 Å². The van der Waals surface area contributed by atoms with Crippen LogP contribution in [-0.2, 0) is 0 Å². The summed E-state index contributed by atoms with van der Waals surface area (Å²) in [6, 6.07) is 8.59. The van der Waals surface area contributed by atoms with Crippen molar-refractivity contribution >= 4 is 23.0 Å². The van der Waals surface area contributed by atoms with Gasteiger partial charge in [0.25, 0.3) is 0 Å². The summed E-state index contributed by atoms with van der Waals surface area (Å²) in [5.74, 6) is 0.850. The Kier molecular flexibility index (Phi) is 6.93. The Morgan fingerprint density at radius 1 is 1.32 bits per heavy atom. The van der Waals surface area contributed by atoms with Gasteiger partial charge in [0.2, 0.25) is 0 Å². The van der Waals surface area contributed by atoms with Crippen molar-refractivity contribution in [2.75, 3.05) is 32.1 Å². The third-order valence-corrected chi connectivity index (χ3v) is 4.64. The highest BCUT2D eigenvalue weighted by Gasteiger charge is 2.20. The molecule has 1 heterocycles. The van der Waals surface area contributed by atoms with Crippen LogP contribution in [0.3, 0.4) is 0 Å². The molecule has 0 aliphatic carbocycles. The van der Waals surface area contributed by atoms with Crippen LogP contribution >= 0.6 is 12.2 Å². The van der Waals surface area contributed by atoms with Gasteiger partial charge in [0.1, 0.15) is 5.75 Å². The average molecular weight is 322 g/mol. The number of hydrogen-bond acceptors (Lipinski definition) is 2. The molecule has 5 heteroatoms. The lowest BCUT2D eigenvalue weighted by Crippen LogP contribution is -3.16. The van der Waals surface area contributed by atoms with E-state index in [9.17, 15) is 0 Å². The van der Waals surface area contributed by atoms with E-state index in [1.807, 2.05) is 24.3 Å². The van der Waals surface area contributed by atoms with Gasteiger partial charge < -0.3 is 20.3 Å². The van der Waals surface area contributed by atoms with E-state index in [0.29, 0.717) is 5.11 Å². The Morgan fingerprint density at radius 2 is 2.09 bits per heavy atom. The van der Waals surface area contributed by atoms with Gasteiger partial charge >= 0.3 is 0 Å². The highest BCUT2D eigenvalue weighted by Crippen LogP contribution is 2.14. The molecule has 1 aromatic carbocycles. The number of ether oxygens (including phenoxy) is 1. The van der Waals surface area contributed by atoms with E-state index >= 15 is 0 Å². The molecule has 3 N–H and O–H groups in total. The summed E-state index contributed by atoms with van der Waals surface area (Å²) in [6.45, 7) is 5.87. The Morgan fingerprint density at radius 3 is 2.77 bits per heavy atom. The molecule has 1 fully saturated rings. The van der Waals surface area contributed by atoms with E-state index in [4.69, 9.17) is 17.0 Å². The minimum Gasteiger partial charge on any atom is -0.497 e. The first-order valence-corrected chi connectivity index (χ1v) is 8.63. The maximum absolute atomic E-state index is 5.33. The Labute approximate surface area is 139 Å². The lowest BCUT2D eigenvalue weighted by Gasteiger charge is -2.30. The van der Waals surface area contributed by atoms with Gasteiger partial charge in [0, 0.05) is 18.7 Å². The van der Waals surface area contributed by atoms with Crippen molar-refractivity contribution in [3.05, 3.63) is 24.3 Å². The Hall–Kier alpha value is -1.33. The molecule has 0 bridgehead atoms. The molecule has 22 heavy (non-hydrogen) atoms. The largest absolute Gasteiger partial charge is 0.497 e. The number of benzene rings is 1. The molecule has 2 rings (SSSR count). The van der Waals surface area contributed by atoms with Crippen molar-refractivity contribution in [1.29, 1.82) is 0 Å². The fourth-order valence-corrected chi connectivity index (χ4v) is 3.21. The van der Waals surface area contributed by atoms with E-state index in [2.05, 4.69) is 17.6 Å². The van der Waals surface area contributed by atoms with Crippen LogP contribution in [0.5, 0.6) is 5.75 Å². The minimum absolute atomic E-state index is 0.687. The monoisotopic (exact) mass is 322 g/mol. The second-order valence-corrected chi connectivity index (χ2v) is 6.43. The van der Waals surface area contributed by atoms with Crippen LogP contribution in [0.2, 0.25) is 0 Å². The molecule has 0 radical (unpaired) electrons. The Bertz CT molecular complexity index is 463. The summed E-state index contributed by atoms with van der Waals surface area (Å²) in [5, 5.41) is 7.18. The number of methoxy groups -OCH3 is 1. The molecule has 1 unspecified atom stereocenters. The quantitative estimate of drug-likeness (QED) is 0.552. The summed E-state index contributed by atoms with van der Waals surface area (Å²) in [7, 11) is 1.67. The molecule has 1 aromatic rings. The van der Waals surface area contributed by atoms with Crippen LogP contribution < -0.4 is 20.3 Å². The van der Waals surface area contributed by atoms with Crippen molar-refractivity contribution in [3.8, 4) is 5.75 Å². The smallest absolute Gasteiger partial charge is 0.170 e. The van der Waals surface area contributed by atoms with Gasteiger partial charge in [-0.15, -0.1) is 0 Å². The predicted octanol–water partition coefficient (Wildman–Crippen LogP) is 1.83. The number of nitrogens with one attached hydrogen (secondary N) is 3. The van der Waals surface area contributed by atoms with Gasteiger partial charge in [-0.3, -0.25) is 0 Å². The molecule has 122 valence electrons. The second-order valence-electron chi connectivity index (χ2n) is 6.02. The fourth-order valence-electron chi connectivity index (χ4n) is 2.99. The number of hydrogen-bond donors (Lipinski definition) is 3. The van der Waals surface area contributed by atoms with Crippen molar-refractivity contribution in [1.82, 2.24) is 5.32 Å². The van der Waals surface area contributed by atoms with E-state index in [1.165, 1.54) is 32.4 Å². The van der Waals surface area contributed by atoms with Crippen molar-refractivity contribution in [2.45, 2.75) is 38.6 Å². The van der Waals surface area contributed by atoms with Crippen molar-refractivity contribution in [3.63, 3.8) is 0 Å². The van der Waals surface area contributed by atoms with E-state index in [-0.39, 0.29) is 0 Å². The first-order chi connectivity index (χ1) is 10.7. The molecule has 0 spiro atoms. The van der Waals surface area contributed by atoms with Crippen LogP contribution in [0.25, 0.3) is 0 Å². The van der Waals surface area contributed by atoms with E-state index < -0.39 is 0 Å². The summed E-state index contributed by atoms with van der Waals surface area (Å²) >= 11 is 5.33. The number of thiocarbonyl (C=S) groups is 1. The van der Waals surface area contributed by atoms with Crippen LogP contribution in [0.4, 0.5) is 5.69 Å². The lowest BCUT2D eigenvalue weighted by atomic mass is 10.0. The highest BCUT2D eigenvalue weighted by atomic mass is 32.1. The maximum Gasteiger partial charge on any atom is 0.170 e. The van der Waals surface area contributed by atoms with Crippen molar-refractivity contribution in [2.24, 2.45) is 0 Å². The summed E-state index contributed by atoms with van der Waals surface area (Å²) < 4.78 is 5.14. The Balaban J connectivity index is 1.62. The first kappa shape index (κ1) is 17.0. The molecule has 0 amide bonds. The number of rotatable bonds is 6. The van der Waals surface area contributed by atoms with Crippen LogP contribution in [0.15, 0.2) is 24.3 Å². The van der Waals surface area contributed by atoms with Gasteiger partial charge in [0.15, 0.2) is 5.11 Å². The van der Waals surface area contributed by atoms with Crippen LogP contribution in [0.1, 0.15) is 32.6 Å². The third-order valence-electron chi connectivity index (χ3n) is 4.39. The topological polar surface area (TPSA) is 37.7 Å². The summed E-state index contributed by atoms with van der Waals surface area (Å²) in [5.41, 5.74) is 0.980. The number of anilines is 1. The van der Waals surface area contributed by atoms with Crippen LogP contribution in [-0.4, -0.2) is 37.9 Å². The number of quaternary nitrogens is 1. The van der Waals surface area contributed by atoms with Gasteiger partial charge in [-0.1, -0.05) is 0 Å². The van der Waals surface area contributed by atoms with Gasteiger partial charge in [-0.05, 0) is 62.7 Å². The molecule has 1 saturated heterocycles. The van der Waals surface area contributed by atoms with Crippen molar-refractivity contribution < 1.29 is 9.64 Å². The fraction of sp³-hybridized carbons (Fsp3) is 0.588. The first-order valence-electron chi connectivity index (χ1n) is 8.22. The molecule has 2 atom stereocenters. The molecule has 4 nitrogen and oxygen atoms in total. The average Bonchev–Trinajstić information content (AvgIpc) is 2.54. The third kappa shape index (κ3) is 5.46. The standard InChI is InChI=1S/C17H27N3OS/c1-14-6-3-4-12-20(14)13-5-11-18-17(22)19-15-7-9-16(21-2)10-8-15/h7-10,14H,3-6,11-13H2,1-2H3,(H2,18,19,22)/p+1/t14-/m0/s1. The summed E-state index contributed by atoms with van der Waals surface area (Å²) in [4.78, 5) is 1.75. The zero-order valence-corrected chi connectivity index (χ0v) is 14.5. The lowest BCUT2D eigenvalue weighted by molar-refractivity contribution is -0.928. The van der Waals surface area contributed by atoms with Gasteiger partial charge in [0.05, 0.1) is 26.2 Å². The molecule has 1 aliphatic heterocycles. The van der Waals surface area contributed by atoms with Crippen LogP contribution in [0, 0.1) is 0 Å². The molecule has 0 saturated carbocycles. The summed E-state index contributed by atoms with van der Waals surface area (Å²) in [6.07, 6.45) is 5.31. The molecular weight excluding hydrogens is 294 g/mol. The normalized spacial score (nSPS) is 21.2. The SMILES string of the molecule is COc1ccc(NC(=S)NCCC[NH+]2CCCC[C@@H]2C)cc1. The predicted molar refractivity (Wildman–Crippen MR) is 95.8 cm³/mol. The number of piperidine rings is 1. The molecule has 0 aromatic heterocycles. The zero-order valence-electron chi connectivity index (χ0n) is 13.7. The number of likely N-dealkylation sites (tertiary alicyclic amines) is 1. The zero-order chi connectivity index (χ0) is 15.8. The maximum atomic E-state index is 5.33. The molecular formula is C17H28N3OS+. The van der Waals surface area contributed by atoms with Gasteiger partial charge in [-0.2, -0.15) is 0 Å². The van der Waals surface area contributed by atoms with E-state index in [1.54, 1.807) is 12.0 Å². The minimum atomic E-state index is 0.687. The molecule has 1 aliphatic rings. The second kappa shape index (κ2) is 8.96. The highest BCUT2D eigenvalue weighted by molar-refractivity contribution is 7.80.